The summed E-state index contributed by atoms with van der Waals surface area (Å²) in [5.74, 6) is 1.39. The molecular formula is C21H33IN4O2. The molecule has 1 aromatic carbocycles. The standard InChI is InChI=1S/C21H32N4O2.HI/c1-17-3-5-18(6-4-17)7-10-23-21(22-2)25-11-8-19(9-12-25)20(26)24-13-15-27-16-14-24;/h3-6,19H,7-16H2,1-2H3,(H,22,23);1H. The number of halogens is 1. The SMILES string of the molecule is CN=C(NCCc1ccc(C)cc1)N1CCC(C(=O)N2CCOCC2)CC1.I. The van der Waals surface area contributed by atoms with Crippen LogP contribution in [0.2, 0.25) is 0 Å². The predicted octanol–water partition coefficient (Wildman–Crippen LogP) is 2.30. The number of guanidine groups is 1. The first-order valence-corrected chi connectivity index (χ1v) is 10.0. The van der Waals surface area contributed by atoms with Crippen LogP contribution in [-0.4, -0.2) is 74.7 Å². The first-order valence-electron chi connectivity index (χ1n) is 10.0. The van der Waals surface area contributed by atoms with E-state index in [1.807, 2.05) is 11.9 Å². The molecule has 0 saturated carbocycles. The van der Waals surface area contributed by atoms with Gasteiger partial charge in [-0.1, -0.05) is 29.8 Å². The number of carbonyl (C=O) groups excluding carboxylic acids is 1. The number of aliphatic imine (C=N–C) groups is 1. The molecule has 2 aliphatic rings. The van der Waals surface area contributed by atoms with E-state index in [2.05, 4.69) is 46.4 Å². The number of morpholine rings is 1. The van der Waals surface area contributed by atoms with E-state index in [0.29, 0.717) is 19.1 Å². The van der Waals surface area contributed by atoms with Crippen molar-refractivity contribution >= 4 is 35.8 Å². The number of benzene rings is 1. The summed E-state index contributed by atoms with van der Waals surface area (Å²) in [6, 6.07) is 8.67. The molecule has 0 bridgehead atoms. The van der Waals surface area contributed by atoms with Gasteiger partial charge in [-0.05, 0) is 31.7 Å². The van der Waals surface area contributed by atoms with Crippen molar-refractivity contribution in [1.29, 1.82) is 0 Å². The quantitative estimate of drug-likeness (QED) is 0.392. The second-order valence-corrected chi connectivity index (χ2v) is 7.41. The number of likely N-dealkylation sites (tertiary alicyclic amines) is 1. The highest BCUT2D eigenvalue weighted by Gasteiger charge is 2.30. The predicted molar refractivity (Wildman–Crippen MR) is 123 cm³/mol. The number of ether oxygens (including phenoxy) is 1. The van der Waals surface area contributed by atoms with E-state index in [0.717, 1.165) is 57.9 Å². The topological polar surface area (TPSA) is 57.2 Å². The van der Waals surface area contributed by atoms with Gasteiger partial charge in [0.15, 0.2) is 5.96 Å². The number of nitrogens with zero attached hydrogens (tertiary/aromatic N) is 3. The zero-order valence-electron chi connectivity index (χ0n) is 17.0. The molecule has 156 valence electrons. The average molecular weight is 500 g/mol. The van der Waals surface area contributed by atoms with Crippen molar-refractivity contribution in [2.75, 3.05) is 53.0 Å². The van der Waals surface area contributed by atoms with Crippen LogP contribution < -0.4 is 5.32 Å². The molecule has 7 heteroatoms. The normalized spacial score (nSPS) is 18.6. The second-order valence-electron chi connectivity index (χ2n) is 7.41. The largest absolute Gasteiger partial charge is 0.378 e. The number of hydrogen-bond donors (Lipinski definition) is 1. The second kappa shape index (κ2) is 11.6. The summed E-state index contributed by atoms with van der Waals surface area (Å²) >= 11 is 0. The number of rotatable bonds is 4. The molecule has 0 unspecified atom stereocenters. The summed E-state index contributed by atoms with van der Waals surface area (Å²) in [6.45, 7) is 7.54. The van der Waals surface area contributed by atoms with Crippen LogP contribution in [-0.2, 0) is 16.0 Å². The molecule has 1 N–H and O–H groups in total. The lowest BCUT2D eigenvalue weighted by molar-refractivity contribution is -0.140. The molecule has 2 saturated heterocycles. The maximum atomic E-state index is 12.7. The highest BCUT2D eigenvalue weighted by Crippen LogP contribution is 2.20. The Morgan fingerprint density at radius 1 is 1.11 bits per heavy atom. The minimum absolute atomic E-state index is 0. The van der Waals surface area contributed by atoms with E-state index in [-0.39, 0.29) is 29.9 Å². The van der Waals surface area contributed by atoms with Gasteiger partial charge in [-0.25, -0.2) is 0 Å². The van der Waals surface area contributed by atoms with Gasteiger partial charge in [0.2, 0.25) is 5.91 Å². The van der Waals surface area contributed by atoms with Crippen LogP contribution in [0.15, 0.2) is 29.3 Å². The van der Waals surface area contributed by atoms with Gasteiger partial charge < -0.3 is 19.9 Å². The van der Waals surface area contributed by atoms with Gasteiger partial charge >= 0.3 is 0 Å². The minimum atomic E-state index is 0. The Kier molecular flexibility index (Phi) is 9.50. The van der Waals surface area contributed by atoms with Crippen LogP contribution >= 0.6 is 24.0 Å². The summed E-state index contributed by atoms with van der Waals surface area (Å²) in [6.07, 6.45) is 2.77. The first-order chi connectivity index (χ1) is 13.2. The van der Waals surface area contributed by atoms with Crippen molar-refractivity contribution in [2.45, 2.75) is 26.2 Å². The molecule has 2 heterocycles. The molecule has 0 aromatic heterocycles. The van der Waals surface area contributed by atoms with Crippen molar-refractivity contribution in [2.24, 2.45) is 10.9 Å². The molecule has 0 spiro atoms. The summed E-state index contributed by atoms with van der Waals surface area (Å²) in [7, 11) is 1.83. The van der Waals surface area contributed by atoms with E-state index >= 15 is 0 Å². The number of nitrogens with one attached hydrogen (secondary N) is 1. The molecule has 6 nitrogen and oxygen atoms in total. The third-order valence-electron chi connectivity index (χ3n) is 5.50. The Labute approximate surface area is 185 Å². The molecule has 3 rings (SSSR count). The fourth-order valence-electron chi connectivity index (χ4n) is 3.79. The molecule has 0 aliphatic carbocycles. The first kappa shape index (κ1) is 22.9. The van der Waals surface area contributed by atoms with Crippen LogP contribution in [0.3, 0.4) is 0 Å². The fourth-order valence-corrected chi connectivity index (χ4v) is 3.79. The van der Waals surface area contributed by atoms with Gasteiger partial charge in [0.1, 0.15) is 0 Å². The molecule has 2 fully saturated rings. The third kappa shape index (κ3) is 6.34. The highest BCUT2D eigenvalue weighted by atomic mass is 127. The van der Waals surface area contributed by atoms with E-state index < -0.39 is 0 Å². The molecule has 0 atom stereocenters. The van der Waals surface area contributed by atoms with Gasteiger partial charge in [-0.3, -0.25) is 9.79 Å². The molecule has 28 heavy (non-hydrogen) atoms. The van der Waals surface area contributed by atoms with Gasteiger partial charge in [0.05, 0.1) is 13.2 Å². The zero-order valence-corrected chi connectivity index (χ0v) is 19.4. The summed E-state index contributed by atoms with van der Waals surface area (Å²) in [5.41, 5.74) is 2.62. The van der Waals surface area contributed by atoms with Gasteiger partial charge in [-0.2, -0.15) is 0 Å². The van der Waals surface area contributed by atoms with Crippen molar-refractivity contribution in [3.8, 4) is 0 Å². The van der Waals surface area contributed by atoms with Gasteiger partial charge in [0.25, 0.3) is 0 Å². The van der Waals surface area contributed by atoms with Gasteiger partial charge in [0, 0.05) is 45.7 Å². The highest BCUT2D eigenvalue weighted by molar-refractivity contribution is 14.0. The van der Waals surface area contributed by atoms with Crippen molar-refractivity contribution < 1.29 is 9.53 Å². The molecular weight excluding hydrogens is 467 g/mol. The number of hydrogen-bond acceptors (Lipinski definition) is 3. The Morgan fingerprint density at radius 2 is 1.75 bits per heavy atom. The maximum absolute atomic E-state index is 12.7. The van der Waals surface area contributed by atoms with E-state index in [1.54, 1.807) is 0 Å². The number of aryl methyl sites for hydroxylation is 1. The lowest BCUT2D eigenvalue weighted by atomic mass is 9.95. The van der Waals surface area contributed by atoms with Crippen molar-refractivity contribution in [3.05, 3.63) is 35.4 Å². The van der Waals surface area contributed by atoms with E-state index in [9.17, 15) is 4.79 Å². The molecule has 0 radical (unpaired) electrons. The smallest absolute Gasteiger partial charge is 0.225 e. The third-order valence-corrected chi connectivity index (χ3v) is 5.50. The Morgan fingerprint density at radius 3 is 2.36 bits per heavy atom. The van der Waals surface area contributed by atoms with E-state index in [4.69, 9.17) is 4.74 Å². The van der Waals surface area contributed by atoms with Crippen molar-refractivity contribution in [1.82, 2.24) is 15.1 Å². The summed E-state index contributed by atoms with van der Waals surface area (Å²) in [4.78, 5) is 21.3. The summed E-state index contributed by atoms with van der Waals surface area (Å²) in [5, 5.41) is 3.47. The molecule has 1 aromatic rings. The summed E-state index contributed by atoms with van der Waals surface area (Å²) < 4.78 is 5.35. The number of amides is 1. The monoisotopic (exact) mass is 500 g/mol. The Bertz CT molecular complexity index is 636. The average Bonchev–Trinajstić information content (AvgIpc) is 2.73. The van der Waals surface area contributed by atoms with Crippen molar-refractivity contribution in [3.63, 3.8) is 0 Å². The Balaban J connectivity index is 0.00000280. The van der Waals surface area contributed by atoms with Crippen LogP contribution in [0.1, 0.15) is 24.0 Å². The fraction of sp³-hybridized carbons (Fsp3) is 0.619. The Hall–Kier alpha value is -1.35. The van der Waals surface area contributed by atoms with E-state index in [1.165, 1.54) is 11.1 Å². The molecule has 2 aliphatic heterocycles. The number of carbonyl (C=O) groups is 1. The van der Waals surface area contributed by atoms with Crippen LogP contribution in [0.25, 0.3) is 0 Å². The minimum Gasteiger partial charge on any atom is -0.378 e. The van der Waals surface area contributed by atoms with Crippen LogP contribution in [0, 0.1) is 12.8 Å². The maximum Gasteiger partial charge on any atom is 0.225 e. The van der Waals surface area contributed by atoms with Crippen LogP contribution in [0.4, 0.5) is 0 Å². The zero-order chi connectivity index (χ0) is 19.1. The molecule has 1 amide bonds. The lowest BCUT2D eigenvalue weighted by Gasteiger charge is -2.36. The van der Waals surface area contributed by atoms with Crippen LogP contribution in [0.5, 0.6) is 0 Å². The number of piperidine rings is 1. The van der Waals surface area contributed by atoms with Gasteiger partial charge in [-0.15, -0.1) is 24.0 Å². The lowest BCUT2D eigenvalue weighted by Crippen LogP contribution is -2.50.